The number of nitrogens with one attached hydrogen (secondary N) is 1. The number of rotatable bonds is 6. The molecule has 0 atom stereocenters. The van der Waals surface area contributed by atoms with Gasteiger partial charge in [0.1, 0.15) is 5.75 Å². The van der Waals surface area contributed by atoms with Crippen molar-refractivity contribution in [3.8, 4) is 5.75 Å². The molecule has 2 aromatic rings. The fourth-order valence-electron chi connectivity index (χ4n) is 5.52. The van der Waals surface area contributed by atoms with Crippen LogP contribution in [0.3, 0.4) is 0 Å². The summed E-state index contributed by atoms with van der Waals surface area (Å²) < 4.78 is 7.90. The van der Waals surface area contributed by atoms with Crippen LogP contribution >= 0.6 is 0 Å². The van der Waals surface area contributed by atoms with Crippen molar-refractivity contribution in [1.29, 1.82) is 0 Å². The van der Waals surface area contributed by atoms with E-state index < -0.39 is 0 Å². The molecule has 6 nitrogen and oxygen atoms in total. The highest BCUT2D eigenvalue weighted by molar-refractivity contribution is 6.09. The third-order valence-electron chi connectivity index (χ3n) is 7.31. The zero-order valence-corrected chi connectivity index (χ0v) is 19.8. The Kier molecular flexibility index (Phi) is 7.07. The van der Waals surface area contributed by atoms with E-state index in [2.05, 4.69) is 29.8 Å². The third-order valence-corrected chi connectivity index (χ3v) is 7.31. The van der Waals surface area contributed by atoms with Gasteiger partial charge < -0.3 is 19.5 Å². The highest BCUT2D eigenvalue weighted by Gasteiger charge is 2.31. The molecule has 1 aromatic carbocycles. The minimum atomic E-state index is 0.00960. The summed E-state index contributed by atoms with van der Waals surface area (Å²) in [5, 5.41) is 3.99. The van der Waals surface area contributed by atoms with Crippen molar-refractivity contribution in [2.45, 2.75) is 71.3 Å². The van der Waals surface area contributed by atoms with Crippen LogP contribution in [-0.2, 0) is 4.79 Å². The maximum absolute atomic E-state index is 13.8. The second-order valence-corrected chi connectivity index (χ2v) is 9.36. The fourth-order valence-corrected chi connectivity index (χ4v) is 5.52. The summed E-state index contributed by atoms with van der Waals surface area (Å²) in [6, 6.07) is 6.57. The monoisotopic (exact) mass is 439 g/mol. The third kappa shape index (κ3) is 4.37. The van der Waals surface area contributed by atoms with Crippen LogP contribution in [0, 0.1) is 12.8 Å². The average Bonchev–Trinajstić information content (AvgIpc) is 3.13. The van der Waals surface area contributed by atoms with E-state index in [1.54, 1.807) is 7.11 Å². The number of piperidine rings is 1. The standard InChI is InChI=1S/C26H37N3O3/c1-4-14-27-25(30)19-12-15-28(16-13-19)26(31)24-18(2)29(20-8-6-5-7-9-20)23-11-10-21(32-3)17-22(23)24/h10-11,17,19-20H,4-9,12-16H2,1-3H3,(H,27,30). The van der Waals surface area contributed by atoms with Crippen molar-refractivity contribution >= 4 is 22.7 Å². The van der Waals surface area contributed by atoms with E-state index in [0.29, 0.717) is 19.1 Å². The van der Waals surface area contributed by atoms with Crippen molar-refractivity contribution in [2.75, 3.05) is 26.7 Å². The summed E-state index contributed by atoms with van der Waals surface area (Å²) in [5.41, 5.74) is 3.00. The first kappa shape index (κ1) is 22.7. The van der Waals surface area contributed by atoms with E-state index in [9.17, 15) is 9.59 Å². The predicted octanol–water partition coefficient (Wildman–Crippen LogP) is 4.84. The molecule has 1 aliphatic heterocycles. The van der Waals surface area contributed by atoms with Gasteiger partial charge in [-0.1, -0.05) is 26.2 Å². The minimum absolute atomic E-state index is 0.00960. The predicted molar refractivity (Wildman–Crippen MR) is 127 cm³/mol. The maximum atomic E-state index is 13.8. The average molecular weight is 440 g/mol. The molecule has 1 aromatic heterocycles. The Bertz CT molecular complexity index is 966. The maximum Gasteiger partial charge on any atom is 0.256 e. The number of hydrogen-bond acceptors (Lipinski definition) is 3. The van der Waals surface area contributed by atoms with Gasteiger partial charge in [0.25, 0.3) is 5.91 Å². The molecule has 1 saturated carbocycles. The molecule has 0 bridgehead atoms. The van der Waals surface area contributed by atoms with Crippen molar-refractivity contribution in [3.05, 3.63) is 29.5 Å². The zero-order chi connectivity index (χ0) is 22.7. The molecule has 2 amide bonds. The van der Waals surface area contributed by atoms with E-state index in [-0.39, 0.29) is 17.7 Å². The molecule has 1 N–H and O–H groups in total. The number of benzene rings is 1. The van der Waals surface area contributed by atoms with Crippen LogP contribution in [0.5, 0.6) is 5.75 Å². The SMILES string of the molecule is CCCNC(=O)C1CCN(C(=O)c2c(C)n(C3CCCCC3)c3ccc(OC)cc23)CC1. The van der Waals surface area contributed by atoms with Gasteiger partial charge in [-0.3, -0.25) is 9.59 Å². The summed E-state index contributed by atoms with van der Waals surface area (Å²) in [6.07, 6.45) is 8.53. The summed E-state index contributed by atoms with van der Waals surface area (Å²) in [7, 11) is 1.67. The Morgan fingerprint density at radius 3 is 2.47 bits per heavy atom. The lowest BCUT2D eigenvalue weighted by atomic mass is 9.94. The first-order valence-corrected chi connectivity index (χ1v) is 12.3. The van der Waals surface area contributed by atoms with Crippen molar-refractivity contribution < 1.29 is 14.3 Å². The highest BCUT2D eigenvalue weighted by atomic mass is 16.5. The molecule has 4 rings (SSSR count). The molecule has 2 fully saturated rings. The molecular weight excluding hydrogens is 402 g/mol. The quantitative estimate of drug-likeness (QED) is 0.700. The molecule has 174 valence electrons. The molecule has 0 spiro atoms. The van der Waals surface area contributed by atoms with Crippen LogP contribution in [0.2, 0.25) is 0 Å². The molecule has 0 radical (unpaired) electrons. The van der Waals surface area contributed by atoms with E-state index in [0.717, 1.165) is 53.7 Å². The Morgan fingerprint density at radius 1 is 1.09 bits per heavy atom. The van der Waals surface area contributed by atoms with Gasteiger partial charge in [0.15, 0.2) is 0 Å². The Morgan fingerprint density at radius 2 is 1.81 bits per heavy atom. The van der Waals surface area contributed by atoms with Crippen molar-refractivity contribution in [3.63, 3.8) is 0 Å². The number of carbonyl (C=O) groups is 2. The minimum Gasteiger partial charge on any atom is -0.497 e. The van der Waals surface area contributed by atoms with E-state index in [1.165, 1.54) is 32.1 Å². The van der Waals surface area contributed by atoms with Crippen LogP contribution < -0.4 is 10.1 Å². The van der Waals surface area contributed by atoms with E-state index >= 15 is 0 Å². The van der Waals surface area contributed by atoms with Crippen LogP contribution in [0.15, 0.2) is 18.2 Å². The molecular formula is C26H37N3O3. The molecule has 6 heteroatoms. The summed E-state index contributed by atoms with van der Waals surface area (Å²) >= 11 is 0. The van der Waals surface area contributed by atoms with Crippen molar-refractivity contribution in [1.82, 2.24) is 14.8 Å². The van der Waals surface area contributed by atoms with Crippen LogP contribution in [0.4, 0.5) is 0 Å². The summed E-state index contributed by atoms with van der Waals surface area (Å²) in [4.78, 5) is 28.0. The van der Waals surface area contributed by atoms with Crippen LogP contribution in [0.1, 0.15) is 80.4 Å². The van der Waals surface area contributed by atoms with Gasteiger partial charge >= 0.3 is 0 Å². The van der Waals surface area contributed by atoms with E-state index in [1.807, 2.05) is 17.0 Å². The molecule has 2 heterocycles. The topological polar surface area (TPSA) is 63.6 Å². The molecule has 1 saturated heterocycles. The van der Waals surface area contributed by atoms with Gasteiger partial charge in [-0.25, -0.2) is 0 Å². The van der Waals surface area contributed by atoms with Gasteiger partial charge in [-0.05, 0) is 57.2 Å². The molecule has 0 unspecified atom stereocenters. The first-order valence-electron chi connectivity index (χ1n) is 12.3. The van der Waals surface area contributed by atoms with Gasteiger partial charge in [0.2, 0.25) is 5.91 Å². The number of likely N-dealkylation sites (tertiary alicyclic amines) is 1. The zero-order valence-electron chi connectivity index (χ0n) is 19.8. The fraction of sp³-hybridized carbons (Fsp3) is 0.615. The smallest absolute Gasteiger partial charge is 0.256 e. The number of ether oxygens (including phenoxy) is 1. The number of hydrogen-bond donors (Lipinski definition) is 1. The first-order chi connectivity index (χ1) is 15.5. The highest BCUT2D eigenvalue weighted by Crippen LogP contribution is 2.38. The number of amides is 2. The van der Waals surface area contributed by atoms with Gasteiger partial charge in [-0.2, -0.15) is 0 Å². The van der Waals surface area contributed by atoms with Gasteiger partial charge in [-0.15, -0.1) is 0 Å². The number of aromatic nitrogens is 1. The second-order valence-electron chi connectivity index (χ2n) is 9.36. The van der Waals surface area contributed by atoms with E-state index in [4.69, 9.17) is 4.74 Å². The van der Waals surface area contributed by atoms with Crippen LogP contribution in [-0.4, -0.2) is 48.0 Å². The summed E-state index contributed by atoms with van der Waals surface area (Å²) in [6.45, 7) is 6.13. The number of carbonyl (C=O) groups excluding carboxylic acids is 2. The molecule has 1 aliphatic carbocycles. The van der Waals surface area contributed by atoms with Gasteiger partial charge in [0, 0.05) is 48.2 Å². The number of nitrogens with zero attached hydrogens (tertiary/aromatic N) is 2. The summed E-state index contributed by atoms with van der Waals surface area (Å²) in [5.74, 6) is 1.01. The molecule has 2 aliphatic rings. The Hall–Kier alpha value is -2.50. The normalized spacial score (nSPS) is 18.2. The van der Waals surface area contributed by atoms with Crippen LogP contribution in [0.25, 0.3) is 10.9 Å². The Balaban J connectivity index is 1.61. The second kappa shape index (κ2) is 9.97. The number of methoxy groups -OCH3 is 1. The van der Waals surface area contributed by atoms with Crippen molar-refractivity contribution in [2.24, 2.45) is 5.92 Å². The lowest BCUT2D eigenvalue weighted by Crippen LogP contribution is -2.43. The lowest BCUT2D eigenvalue weighted by molar-refractivity contribution is -0.126. The largest absolute Gasteiger partial charge is 0.497 e. The number of fused-ring (bicyclic) bond motifs is 1. The lowest BCUT2D eigenvalue weighted by Gasteiger charge is -2.31. The van der Waals surface area contributed by atoms with Gasteiger partial charge in [0.05, 0.1) is 12.7 Å². The Labute approximate surface area is 191 Å². The molecule has 32 heavy (non-hydrogen) atoms.